The largest absolute Gasteiger partial charge is 0.493 e. The van der Waals surface area contributed by atoms with E-state index in [1.54, 1.807) is 30.4 Å². The summed E-state index contributed by atoms with van der Waals surface area (Å²) in [6.07, 6.45) is 3.50. The Balaban J connectivity index is 2.84. The second kappa shape index (κ2) is 7.30. The third kappa shape index (κ3) is 5.11. The summed E-state index contributed by atoms with van der Waals surface area (Å²) in [6, 6.07) is 4.63. The van der Waals surface area contributed by atoms with E-state index >= 15 is 0 Å². The maximum absolute atomic E-state index is 10.9. The maximum Gasteiger partial charge on any atom is 0.308 e. The number of carbonyl (C=O) groups is 2. The monoisotopic (exact) mass is 278 g/mol. The molecule has 0 fully saturated rings. The molecule has 1 unspecified atom stereocenters. The number of carbonyl (C=O) groups excluding carboxylic acids is 2. The lowest BCUT2D eigenvalue weighted by Crippen LogP contribution is -2.25. The lowest BCUT2D eigenvalue weighted by Gasteiger charge is -2.08. The number of nitrogens with two attached hydrogens (primary N) is 2. The van der Waals surface area contributed by atoms with Crippen LogP contribution in [-0.4, -0.2) is 25.0 Å². The Bertz CT molecular complexity index is 526. The average Bonchev–Trinajstić information content (AvgIpc) is 2.36. The predicted molar refractivity (Wildman–Crippen MR) is 75.1 cm³/mol. The number of amides is 1. The van der Waals surface area contributed by atoms with Gasteiger partial charge in [0.15, 0.2) is 11.5 Å². The Morgan fingerprint density at radius 3 is 2.60 bits per heavy atom. The van der Waals surface area contributed by atoms with Crippen LogP contribution in [0.4, 0.5) is 0 Å². The summed E-state index contributed by atoms with van der Waals surface area (Å²) in [5.74, 6) is -0.0931. The molecule has 0 bridgehead atoms. The first-order valence-electron chi connectivity index (χ1n) is 6.01. The molecule has 0 aliphatic carbocycles. The first-order valence-corrected chi connectivity index (χ1v) is 6.01. The van der Waals surface area contributed by atoms with Gasteiger partial charge < -0.3 is 20.9 Å². The highest BCUT2D eigenvalue weighted by atomic mass is 16.6. The summed E-state index contributed by atoms with van der Waals surface area (Å²) in [5, 5.41) is 0. The van der Waals surface area contributed by atoms with Gasteiger partial charge in [0.1, 0.15) is 0 Å². The number of methoxy groups -OCH3 is 1. The van der Waals surface area contributed by atoms with Gasteiger partial charge in [-0.1, -0.05) is 18.2 Å². The van der Waals surface area contributed by atoms with Crippen molar-refractivity contribution in [2.75, 3.05) is 7.11 Å². The van der Waals surface area contributed by atoms with E-state index in [9.17, 15) is 9.59 Å². The zero-order valence-electron chi connectivity index (χ0n) is 11.5. The number of hydrogen-bond donors (Lipinski definition) is 2. The van der Waals surface area contributed by atoms with Gasteiger partial charge in [-0.05, 0) is 17.7 Å². The van der Waals surface area contributed by atoms with Crippen LogP contribution in [0.2, 0.25) is 0 Å². The average molecular weight is 278 g/mol. The summed E-state index contributed by atoms with van der Waals surface area (Å²) >= 11 is 0. The van der Waals surface area contributed by atoms with E-state index < -0.39 is 17.9 Å². The summed E-state index contributed by atoms with van der Waals surface area (Å²) in [4.78, 5) is 21.6. The second-order valence-electron chi connectivity index (χ2n) is 4.20. The molecule has 0 aliphatic heterocycles. The molecule has 0 heterocycles. The fourth-order valence-corrected chi connectivity index (χ4v) is 1.56. The number of hydrogen-bond acceptors (Lipinski definition) is 5. The van der Waals surface area contributed by atoms with Gasteiger partial charge in [-0.25, -0.2) is 0 Å². The number of ether oxygens (including phenoxy) is 2. The van der Waals surface area contributed by atoms with Gasteiger partial charge in [0, 0.05) is 19.4 Å². The Morgan fingerprint density at radius 1 is 1.35 bits per heavy atom. The molecule has 0 radical (unpaired) electrons. The number of esters is 1. The molecular formula is C14H18N2O4. The predicted octanol–water partition coefficient (Wildman–Crippen LogP) is 0.836. The Morgan fingerprint density at radius 2 is 2.05 bits per heavy atom. The van der Waals surface area contributed by atoms with Crippen molar-refractivity contribution in [2.24, 2.45) is 11.5 Å². The fourth-order valence-electron chi connectivity index (χ4n) is 1.56. The highest BCUT2D eigenvalue weighted by Gasteiger charge is 2.07. The van der Waals surface area contributed by atoms with Gasteiger partial charge in [-0.3, -0.25) is 9.59 Å². The van der Waals surface area contributed by atoms with Crippen molar-refractivity contribution in [2.45, 2.75) is 19.4 Å². The van der Waals surface area contributed by atoms with E-state index in [2.05, 4.69) is 0 Å². The lowest BCUT2D eigenvalue weighted by atomic mass is 10.1. The zero-order valence-corrected chi connectivity index (χ0v) is 11.5. The molecular weight excluding hydrogens is 260 g/mol. The van der Waals surface area contributed by atoms with Crippen LogP contribution in [-0.2, 0) is 9.59 Å². The molecule has 1 amide bonds. The Hall–Kier alpha value is -2.34. The van der Waals surface area contributed by atoms with Crippen molar-refractivity contribution >= 4 is 18.0 Å². The van der Waals surface area contributed by atoms with E-state index in [1.165, 1.54) is 14.0 Å². The van der Waals surface area contributed by atoms with Gasteiger partial charge in [-0.2, -0.15) is 0 Å². The Kier molecular flexibility index (Phi) is 5.74. The summed E-state index contributed by atoms with van der Waals surface area (Å²) in [7, 11) is 1.48. The zero-order chi connectivity index (χ0) is 15.1. The van der Waals surface area contributed by atoms with Crippen molar-refractivity contribution in [1.82, 2.24) is 0 Å². The highest BCUT2D eigenvalue weighted by molar-refractivity contribution is 5.75. The van der Waals surface area contributed by atoms with Crippen LogP contribution in [0, 0.1) is 0 Å². The van der Waals surface area contributed by atoms with Crippen molar-refractivity contribution in [1.29, 1.82) is 0 Å². The van der Waals surface area contributed by atoms with Crippen LogP contribution in [0.1, 0.15) is 18.9 Å². The minimum atomic E-state index is -0.454. The van der Waals surface area contributed by atoms with Crippen LogP contribution < -0.4 is 20.9 Å². The van der Waals surface area contributed by atoms with E-state index in [4.69, 9.17) is 20.9 Å². The molecule has 6 nitrogen and oxygen atoms in total. The van der Waals surface area contributed by atoms with Gasteiger partial charge in [0.05, 0.1) is 7.11 Å². The Labute approximate surface area is 117 Å². The first kappa shape index (κ1) is 15.7. The third-order valence-electron chi connectivity index (χ3n) is 2.41. The molecule has 0 saturated heterocycles. The van der Waals surface area contributed by atoms with Crippen LogP contribution in [0.25, 0.3) is 6.08 Å². The number of benzene rings is 1. The smallest absolute Gasteiger partial charge is 0.308 e. The second-order valence-corrected chi connectivity index (χ2v) is 4.20. The molecule has 0 aromatic heterocycles. The topological polar surface area (TPSA) is 105 Å². The molecule has 0 aliphatic rings. The summed E-state index contributed by atoms with van der Waals surface area (Å²) < 4.78 is 10.1. The fraction of sp³-hybridized carbons (Fsp3) is 0.286. The molecule has 4 N–H and O–H groups in total. The molecule has 108 valence electrons. The highest BCUT2D eigenvalue weighted by Crippen LogP contribution is 2.28. The van der Waals surface area contributed by atoms with Gasteiger partial charge in [-0.15, -0.1) is 0 Å². The van der Waals surface area contributed by atoms with Gasteiger partial charge in [0.25, 0.3) is 0 Å². The van der Waals surface area contributed by atoms with Crippen LogP contribution >= 0.6 is 0 Å². The number of rotatable bonds is 6. The molecule has 0 saturated carbocycles. The molecule has 1 aromatic carbocycles. The molecule has 20 heavy (non-hydrogen) atoms. The minimum absolute atomic E-state index is 0.0825. The number of primary amides is 1. The molecule has 1 rings (SSSR count). The molecule has 0 spiro atoms. The normalized spacial score (nSPS) is 12.2. The first-order chi connectivity index (χ1) is 9.42. The van der Waals surface area contributed by atoms with E-state index in [0.717, 1.165) is 5.56 Å². The van der Waals surface area contributed by atoms with E-state index in [1.807, 2.05) is 0 Å². The summed E-state index contributed by atoms with van der Waals surface area (Å²) in [6.45, 7) is 1.32. The maximum atomic E-state index is 10.9. The minimum Gasteiger partial charge on any atom is -0.493 e. The van der Waals surface area contributed by atoms with Crippen molar-refractivity contribution < 1.29 is 19.1 Å². The van der Waals surface area contributed by atoms with Gasteiger partial charge in [0.2, 0.25) is 5.91 Å². The van der Waals surface area contributed by atoms with Crippen LogP contribution in [0.15, 0.2) is 24.3 Å². The standard InChI is InChI=1S/C14H18N2O4/c1-9(17)20-12-6-4-10(7-13(12)19-2)3-5-11(15)8-14(16)18/h3-7,11H,8,15H2,1-2H3,(H2,16,18)/b5-3+. The molecule has 1 atom stereocenters. The van der Waals surface area contributed by atoms with E-state index in [0.29, 0.717) is 11.5 Å². The van der Waals surface area contributed by atoms with Crippen molar-refractivity contribution in [3.8, 4) is 11.5 Å². The van der Waals surface area contributed by atoms with Crippen LogP contribution in [0.5, 0.6) is 11.5 Å². The third-order valence-corrected chi connectivity index (χ3v) is 2.41. The van der Waals surface area contributed by atoms with Crippen molar-refractivity contribution in [3.63, 3.8) is 0 Å². The van der Waals surface area contributed by atoms with Gasteiger partial charge >= 0.3 is 5.97 Å². The SMILES string of the molecule is COc1cc(/C=C/C(N)CC(N)=O)ccc1OC(C)=O. The molecule has 1 aromatic rings. The van der Waals surface area contributed by atoms with Crippen LogP contribution in [0.3, 0.4) is 0 Å². The van der Waals surface area contributed by atoms with Crippen molar-refractivity contribution in [3.05, 3.63) is 29.8 Å². The quantitative estimate of drug-likeness (QED) is 0.592. The molecule has 6 heteroatoms. The summed E-state index contributed by atoms with van der Waals surface area (Å²) in [5.41, 5.74) is 11.6. The van der Waals surface area contributed by atoms with E-state index in [-0.39, 0.29) is 6.42 Å². The lowest BCUT2D eigenvalue weighted by molar-refractivity contribution is -0.132.